The molecule has 3 amide bonds. The van der Waals surface area contributed by atoms with Crippen molar-refractivity contribution in [1.82, 2.24) is 40.2 Å². The number of rotatable bonds is 18. The number of unbranched alkanes of at least 4 members (excludes halogenated alkanes) is 1. The highest BCUT2D eigenvalue weighted by molar-refractivity contribution is 6.16. The molecule has 5 aromatic rings. The minimum atomic E-state index is -0.771. The smallest absolute Gasteiger partial charge is 0.255 e. The van der Waals surface area contributed by atoms with Crippen LogP contribution in [0.1, 0.15) is 133 Å². The third kappa shape index (κ3) is 11.2. The Morgan fingerprint density at radius 3 is 2.44 bits per heavy atom. The average Bonchev–Trinajstić information content (AvgIpc) is 1.83. The van der Waals surface area contributed by atoms with Crippen LogP contribution in [-0.4, -0.2) is 130 Å². The number of para-hydroxylation sites is 1. The fraction of sp³-hybridized carbons (Fsp3) is 0.439. The van der Waals surface area contributed by atoms with Crippen LogP contribution in [0.25, 0.3) is 18.0 Å². The number of nitrogens with two attached hydrogens (primary N) is 2. The van der Waals surface area contributed by atoms with E-state index in [2.05, 4.69) is 59.5 Å². The molecule has 2 spiro atoms. The molecular weight excluding hydrogens is 1070 g/mol. The molecule has 19 heteroatoms. The molecule has 3 aromatic carbocycles. The number of imide groups is 1. The molecule has 19 nitrogen and oxygen atoms in total. The van der Waals surface area contributed by atoms with Crippen molar-refractivity contribution in [3.63, 3.8) is 0 Å². The molecule has 6 heterocycles. The Morgan fingerprint density at radius 2 is 1.74 bits per heavy atom. The Hall–Kier alpha value is -8.29. The van der Waals surface area contributed by atoms with E-state index in [0.717, 1.165) is 154 Å². The molecule has 6 fully saturated rings. The summed E-state index contributed by atoms with van der Waals surface area (Å²) in [5.41, 5.74) is 19.7. The first-order valence-corrected chi connectivity index (χ1v) is 30.3. The lowest BCUT2D eigenvalue weighted by atomic mass is 9.59. The van der Waals surface area contributed by atoms with E-state index in [-0.39, 0.29) is 70.6 Å². The van der Waals surface area contributed by atoms with E-state index in [4.69, 9.17) is 38.3 Å². The van der Waals surface area contributed by atoms with E-state index >= 15 is 0 Å². The number of aryl methyl sites for hydroxylation is 1. The summed E-state index contributed by atoms with van der Waals surface area (Å²) >= 11 is 0. The van der Waals surface area contributed by atoms with E-state index < -0.39 is 17.9 Å². The number of nitrogens with one attached hydrogen (secondary N) is 4. The number of piperidine rings is 1. The Balaban J connectivity index is 0.714. The van der Waals surface area contributed by atoms with Crippen LogP contribution in [-0.2, 0) is 9.59 Å². The molecule has 85 heavy (non-hydrogen) atoms. The number of carbonyl (C=O) groups is 4. The quantitative estimate of drug-likeness (QED) is 0.0311. The maximum absolute atomic E-state index is 13.5. The number of allylic oxidation sites excluding steroid dienone is 2. The van der Waals surface area contributed by atoms with Crippen molar-refractivity contribution in [2.45, 2.75) is 115 Å². The molecular formula is C66H78N14O5. The van der Waals surface area contributed by atoms with Crippen molar-refractivity contribution in [2.24, 2.45) is 33.4 Å². The molecule has 12 rings (SSSR count). The molecule has 3 atom stereocenters. The molecule has 2 saturated carbocycles. The number of hydrogen-bond acceptors (Lipinski definition) is 16. The molecule has 2 aromatic heterocycles. The van der Waals surface area contributed by atoms with E-state index in [1.165, 1.54) is 18.3 Å². The van der Waals surface area contributed by atoms with Crippen molar-refractivity contribution in [3.8, 4) is 5.75 Å². The highest BCUT2D eigenvalue weighted by Crippen LogP contribution is 2.53. The van der Waals surface area contributed by atoms with E-state index in [1.807, 2.05) is 73.8 Å². The highest BCUT2D eigenvalue weighted by atomic mass is 16.5. The lowest BCUT2D eigenvalue weighted by Crippen LogP contribution is -2.67. The fourth-order valence-electron chi connectivity index (χ4n) is 14.5. The zero-order chi connectivity index (χ0) is 59.1. The number of likely N-dealkylation sites (N-methyl/N-ethyl adjacent to an activating group) is 1. The standard InChI is InChI=1S/C66H78N14O5/c1-5-6-30-70-60(68)54-41(3)80(46-24-26-65(27-25-46)37-78(38-65)32-42-33-79(34-42)47-16-17-49(44(31-47)35-81)64(84)77(4)51-19-21-53(82)75-63(51)83)76-58(54)50-18-20-52(85-48-10-8-7-9-11-48)55(50)59-66(36-71-59)28-22-45(23-29-66)74-62-56(61(69)72-39-73-62)57(67)43-14-12-40(2)13-15-43/h7-18,20,30-31,35,39,42,45-46,51,55,59,67,71H,3,5-6,19,21-29,32-34,36-38,68H2,1-2,4H3,(H,75,82,83)(H3,69,72,73,74)/b60-54+,67-57?,70-30-. The molecule has 7 aliphatic rings. The van der Waals surface area contributed by atoms with Gasteiger partial charge in [0, 0.05) is 93.8 Å². The molecule has 442 valence electrons. The predicted molar refractivity (Wildman–Crippen MR) is 330 cm³/mol. The van der Waals surface area contributed by atoms with Gasteiger partial charge in [-0.05, 0) is 124 Å². The zero-order valence-electron chi connectivity index (χ0n) is 49.0. The molecule has 3 unspecified atom stereocenters. The van der Waals surface area contributed by atoms with Crippen molar-refractivity contribution in [3.05, 3.63) is 141 Å². The average molecular weight is 1150 g/mol. The number of nitrogen functional groups attached to an aromatic ring is 1. The number of ether oxygens (including phenoxy) is 1. The van der Waals surface area contributed by atoms with Crippen molar-refractivity contribution in [1.29, 1.82) is 5.41 Å². The van der Waals surface area contributed by atoms with Crippen molar-refractivity contribution < 1.29 is 23.9 Å². The van der Waals surface area contributed by atoms with Gasteiger partial charge in [0.15, 0.2) is 6.29 Å². The fourth-order valence-corrected chi connectivity index (χ4v) is 14.5. The molecule has 4 aliphatic heterocycles. The van der Waals surface area contributed by atoms with Gasteiger partial charge in [0.05, 0.1) is 39.4 Å². The van der Waals surface area contributed by atoms with Gasteiger partial charge >= 0.3 is 0 Å². The minimum absolute atomic E-state index is 0.0261. The summed E-state index contributed by atoms with van der Waals surface area (Å²) < 4.78 is 9.02. The van der Waals surface area contributed by atoms with Crippen LogP contribution in [0.4, 0.5) is 17.3 Å². The van der Waals surface area contributed by atoms with Crippen LogP contribution in [0, 0.1) is 35.0 Å². The van der Waals surface area contributed by atoms with Gasteiger partial charge in [-0.3, -0.25) is 34.6 Å². The summed E-state index contributed by atoms with van der Waals surface area (Å²) in [6, 6.07) is 22.7. The van der Waals surface area contributed by atoms with E-state index in [0.29, 0.717) is 35.1 Å². The molecule has 0 bridgehead atoms. The lowest BCUT2D eigenvalue weighted by Gasteiger charge is -2.56. The Bertz CT molecular complexity index is 3620. The van der Waals surface area contributed by atoms with Crippen LogP contribution < -0.4 is 47.6 Å². The topological polar surface area (TPSA) is 255 Å². The van der Waals surface area contributed by atoms with Gasteiger partial charge in [0.25, 0.3) is 5.91 Å². The first-order chi connectivity index (χ1) is 41.1. The summed E-state index contributed by atoms with van der Waals surface area (Å²) in [7, 11) is 1.54. The predicted octanol–water partition coefficient (Wildman–Crippen LogP) is 6.52. The molecule has 0 radical (unpaired) electrons. The van der Waals surface area contributed by atoms with Gasteiger partial charge in [-0.1, -0.05) is 74.0 Å². The Kier molecular flexibility index (Phi) is 15.9. The number of nitrogens with zero attached hydrogens (tertiary/aromatic N) is 8. The van der Waals surface area contributed by atoms with Crippen LogP contribution in [0.3, 0.4) is 0 Å². The molecule has 4 saturated heterocycles. The number of aromatic nitrogens is 4. The second kappa shape index (κ2) is 23.6. The van der Waals surface area contributed by atoms with Gasteiger partial charge in [-0.2, -0.15) is 5.10 Å². The van der Waals surface area contributed by atoms with Gasteiger partial charge in [-0.25, -0.2) is 15.0 Å². The third-order valence-corrected chi connectivity index (χ3v) is 19.4. The van der Waals surface area contributed by atoms with Gasteiger partial charge in [0.2, 0.25) is 11.8 Å². The number of aldehydes is 1. The largest absolute Gasteiger partial charge is 0.461 e. The van der Waals surface area contributed by atoms with Gasteiger partial charge in [0.1, 0.15) is 47.0 Å². The number of carbonyl (C=O) groups excluding carboxylic acids is 4. The first-order valence-electron chi connectivity index (χ1n) is 30.3. The summed E-state index contributed by atoms with van der Waals surface area (Å²) in [4.78, 5) is 69.9. The van der Waals surface area contributed by atoms with Crippen LogP contribution in [0.15, 0.2) is 102 Å². The maximum atomic E-state index is 13.5. The van der Waals surface area contributed by atoms with Crippen molar-refractivity contribution in [2.75, 3.05) is 62.3 Å². The number of likely N-dealkylation sites (tertiary alicyclic amines) is 1. The third-order valence-electron chi connectivity index (χ3n) is 19.4. The maximum Gasteiger partial charge on any atom is 0.255 e. The number of aliphatic imine (C=N–C) groups is 1. The SMILES string of the molecule is C=c1/c(=C(N)\N=C/CCC)c(C2=CC=C(Oc3ccccc3)C2C2NCC23CCC(Nc2ncnc(N)c2C(=N)c2ccc(C)cc2)CC3)nn1C1CCC2(CC1)CN(CC1CN(c3ccc(C(=O)N(C)C4CCC(=O)NC4=O)c(C=O)c3)C1)C2. The number of benzene rings is 3. The second-order valence-electron chi connectivity index (χ2n) is 25.0. The normalized spacial score (nSPS) is 22.7. The highest BCUT2D eigenvalue weighted by Gasteiger charge is 2.55. The number of hydrogen-bond donors (Lipinski definition) is 6. The Labute approximate surface area is 496 Å². The molecule has 8 N–H and O–H groups in total. The van der Waals surface area contributed by atoms with Crippen LogP contribution in [0.5, 0.6) is 5.75 Å². The second-order valence-corrected chi connectivity index (χ2v) is 25.0. The number of anilines is 3. The lowest BCUT2D eigenvalue weighted by molar-refractivity contribution is -0.136. The van der Waals surface area contributed by atoms with E-state index in [9.17, 15) is 19.2 Å². The van der Waals surface area contributed by atoms with Gasteiger partial charge < -0.3 is 41.5 Å². The van der Waals surface area contributed by atoms with E-state index in [1.54, 1.807) is 12.1 Å². The Morgan fingerprint density at radius 1 is 0.988 bits per heavy atom. The summed E-state index contributed by atoms with van der Waals surface area (Å²) in [5.74, 6) is 1.97. The van der Waals surface area contributed by atoms with Crippen LogP contribution in [0.2, 0.25) is 0 Å². The monoisotopic (exact) mass is 1150 g/mol. The molecule has 3 aliphatic carbocycles. The van der Waals surface area contributed by atoms with Crippen LogP contribution >= 0.6 is 0 Å². The summed E-state index contributed by atoms with van der Waals surface area (Å²) in [6.45, 7) is 14.6. The number of amides is 3. The van der Waals surface area contributed by atoms with Gasteiger partial charge in [-0.15, -0.1) is 0 Å². The summed E-state index contributed by atoms with van der Waals surface area (Å²) in [5, 5.41) is 26.2. The summed E-state index contributed by atoms with van der Waals surface area (Å²) in [6.07, 6.45) is 18.4. The zero-order valence-corrected chi connectivity index (χ0v) is 49.0. The first kappa shape index (κ1) is 57.2. The minimum Gasteiger partial charge on any atom is -0.461 e. The van der Waals surface area contributed by atoms with Crippen molar-refractivity contribution >= 4 is 71.2 Å².